The topological polar surface area (TPSA) is 105 Å². The van der Waals surface area contributed by atoms with Crippen LogP contribution >= 0.6 is 11.6 Å². The molecule has 0 aliphatic carbocycles. The largest absolute Gasteiger partial charge is 0.383 e. The summed E-state index contributed by atoms with van der Waals surface area (Å²) in [6.07, 6.45) is 0. The molecule has 1 heterocycles. The van der Waals surface area contributed by atoms with E-state index in [-0.39, 0.29) is 10.6 Å². The molecule has 0 atom stereocenters. The number of ether oxygens (including phenoxy) is 1. The molecule has 2 aromatic carbocycles. The summed E-state index contributed by atoms with van der Waals surface area (Å²) in [5, 5.41) is 14.8. The van der Waals surface area contributed by atoms with Crippen molar-refractivity contribution in [2.75, 3.05) is 56.7 Å². The number of nitro groups is 1. The van der Waals surface area contributed by atoms with Gasteiger partial charge in [-0.3, -0.25) is 10.1 Å². The normalized spacial score (nSPS) is 15.2. The van der Waals surface area contributed by atoms with Crippen LogP contribution in [0, 0.1) is 10.1 Å². The van der Waals surface area contributed by atoms with Crippen LogP contribution < -0.4 is 10.2 Å². The van der Waals surface area contributed by atoms with Crippen molar-refractivity contribution in [2.45, 2.75) is 4.90 Å². The number of hydrogen-bond donors (Lipinski definition) is 1. The molecule has 1 aliphatic heterocycles. The van der Waals surface area contributed by atoms with E-state index < -0.39 is 14.9 Å². The van der Waals surface area contributed by atoms with Crippen molar-refractivity contribution in [3.63, 3.8) is 0 Å². The molecule has 162 valence electrons. The average molecular weight is 455 g/mol. The monoisotopic (exact) mass is 454 g/mol. The van der Waals surface area contributed by atoms with E-state index in [0.29, 0.717) is 50.0 Å². The van der Waals surface area contributed by atoms with Gasteiger partial charge in [-0.15, -0.1) is 0 Å². The van der Waals surface area contributed by atoms with Crippen LogP contribution in [-0.4, -0.2) is 64.1 Å². The molecule has 0 aromatic heterocycles. The van der Waals surface area contributed by atoms with Gasteiger partial charge in [-0.05, 0) is 36.4 Å². The summed E-state index contributed by atoms with van der Waals surface area (Å²) in [4.78, 5) is 13.1. The first-order valence-electron chi connectivity index (χ1n) is 9.35. The molecule has 0 bridgehead atoms. The predicted molar refractivity (Wildman–Crippen MR) is 116 cm³/mol. The number of anilines is 2. The Morgan fingerprint density at radius 1 is 1.13 bits per heavy atom. The van der Waals surface area contributed by atoms with E-state index in [1.165, 1.54) is 22.5 Å². The fraction of sp³-hybridized carbons (Fsp3) is 0.368. The summed E-state index contributed by atoms with van der Waals surface area (Å²) in [7, 11) is -2.03. The average Bonchev–Trinajstić information content (AvgIpc) is 2.74. The fourth-order valence-corrected chi connectivity index (χ4v) is 4.80. The molecule has 1 aliphatic rings. The van der Waals surface area contributed by atoms with Crippen molar-refractivity contribution in [3.8, 4) is 0 Å². The minimum absolute atomic E-state index is 0.0150. The first kappa shape index (κ1) is 22.3. The van der Waals surface area contributed by atoms with Crippen LogP contribution in [0.5, 0.6) is 0 Å². The summed E-state index contributed by atoms with van der Waals surface area (Å²) in [5.41, 5.74) is 1.19. The van der Waals surface area contributed by atoms with E-state index >= 15 is 0 Å². The maximum atomic E-state index is 12.8. The van der Waals surface area contributed by atoms with Gasteiger partial charge in [0.05, 0.1) is 16.4 Å². The first-order valence-corrected chi connectivity index (χ1v) is 11.2. The zero-order chi connectivity index (χ0) is 21.7. The minimum Gasteiger partial charge on any atom is -0.383 e. The van der Waals surface area contributed by atoms with Gasteiger partial charge in [0.1, 0.15) is 5.69 Å². The number of nitro benzene ring substituents is 1. The molecular weight excluding hydrogens is 432 g/mol. The van der Waals surface area contributed by atoms with Gasteiger partial charge in [0.2, 0.25) is 10.0 Å². The highest BCUT2D eigenvalue weighted by molar-refractivity contribution is 7.89. The van der Waals surface area contributed by atoms with Crippen LogP contribution in [0.4, 0.5) is 17.1 Å². The van der Waals surface area contributed by atoms with Crippen LogP contribution in [0.15, 0.2) is 47.4 Å². The van der Waals surface area contributed by atoms with Crippen molar-refractivity contribution in [2.24, 2.45) is 0 Å². The molecule has 1 saturated heterocycles. The SMILES string of the molecule is COCCNc1cc(N2CCN(S(=O)(=O)c3ccc(Cl)cc3)CC2)ccc1[N+](=O)[O-]. The van der Waals surface area contributed by atoms with Crippen molar-refractivity contribution >= 4 is 38.7 Å². The lowest BCUT2D eigenvalue weighted by molar-refractivity contribution is -0.383. The van der Waals surface area contributed by atoms with Crippen LogP contribution in [0.2, 0.25) is 5.02 Å². The van der Waals surface area contributed by atoms with Crippen LogP contribution in [0.1, 0.15) is 0 Å². The van der Waals surface area contributed by atoms with E-state index in [1.807, 2.05) is 4.90 Å². The minimum atomic E-state index is -3.59. The van der Waals surface area contributed by atoms with Gasteiger partial charge in [0, 0.05) is 56.6 Å². The number of benzene rings is 2. The second-order valence-electron chi connectivity index (χ2n) is 6.72. The maximum Gasteiger partial charge on any atom is 0.292 e. The van der Waals surface area contributed by atoms with Gasteiger partial charge in [-0.1, -0.05) is 11.6 Å². The molecule has 0 spiro atoms. The summed E-state index contributed by atoms with van der Waals surface area (Å²) in [6.45, 7) is 2.43. The molecule has 1 fully saturated rings. The lowest BCUT2D eigenvalue weighted by Crippen LogP contribution is -2.48. The molecule has 0 radical (unpaired) electrons. The second kappa shape index (κ2) is 9.61. The summed E-state index contributed by atoms with van der Waals surface area (Å²) < 4.78 is 32.1. The lowest BCUT2D eigenvalue weighted by atomic mass is 10.2. The molecule has 30 heavy (non-hydrogen) atoms. The highest BCUT2D eigenvalue weighted by Gasteiger charge is 2.29. The van der Waals surface area contributed by atoms with Gasteiger partial charge in [0.15, 0.2) is 0 Å². The molecule has 3 rings (SSSR count). The van der Waals surface area contributed by atoms with E-state index in [1.54, 1.807) is 31.4 Å². The van der Waals surface area contributed by atoms with Gasteiger partial charge in [0.25, 0.3) is 5.69 Å². The smallest absolute Gasteiger partial charge is 0.292 e. The molecular formula is C19H23ClN4O5S. The number of nitrogens with one attached hydrogen (secondary N) is 1. The lowest BCUT2D eigenvalue weighted by Gasteiger charge is -2.35. The van der Waals surface area contributed by atoms with E-state index in [2.05, 4.69) is 5.32 Å². The Morgan fingerprint density at radius 2 is 1.80 bits per heavy atom. The standard InChI is InChI=1S/C19H23ClN4O5S/c1-29-13-8-21-18-14-16(4-7-19(18)24(25)26)22-9-11-23(12-10-22)30(27,28)17-5-2-15(20)3-6-17/h2-7,14,21H,8-13H2,1H3. The van der Waals surface area contributed by atoms with Crippen molar-refractivity contribution in [1.29, 1.82) is 0 Å². The first-order chi connectivity index (χ1) is 14.3. The van der Waals surface area contributed by atoms with E-state index in [9.17, 15) is 18.5 Å². The quantitative estimate of drug-likeness (QED) is 0.371. The summed E-state index contributed by atoms with van der Waals surface area (Å²) in [5.74, 6) is 0. The zero-order valence-electron chi connectivity index (χ0n) is 16.5. The maximum absolute atomic E-state index is 12.8. The number of methoxy groups -OCH3 is 1. The van der Waals surface area contributed by atoms with E-state index in [0.717, 1.165) is 5.69 Å². The molecule has 1 N–H and O–H groups in total. The van der Waals surface area contributed by atoms with Gasteiger partial charge in [-0.25, -0.2) is 8.42 Å². The molecule has 0 unspecified atom stereocenters. The number of hydrogen-bond acceptors (Lipinski definition) is 7. The number of rotatable bonds is 8. The van der Waals surface area contributed by atoms with Gasteiger partial charge in [-0.2, -0.15) is 4.31 Å². The second-order valence-corrected chi connectivity index (χ2v) is 9.10. The highest BCUT2D eigenvalue weighted by Crippen LogP contribution is 2.30. The van der Waals surface area contributed by atoms with Crippen LogP contribution in [-0.2, 0) is 14.8 Å². The molecule has 2 aromatic rings. The van der Waals surface area contributed by atoms with Crippen molar-refractivity contribution in [3.05, 3.63) is 57.6 Å². The van der Waals surface area contributed by atoms with Gasteiger partial charge >= 0.3 is 0 Å². The summed E-state index contributed by atoms with van der Waals surface area (Å²) >= 11 is 5.85. The van der Waals surface area contributed by atoms with Crippen molar-refractivity contribution in [1.82, 2.24) is 4.31 Å². The molecule has 9 nitrogen and oxygen atoms in total. The zero-order valence-corrected chi connectivity index (χ0v) is 18.0. The summed E-state index contributed by atoms with van der Waals surface area (Å²) in [6, 6.07) is 11.0. The third-order valence-electron chi connectivity index (χ3n) is 4.85. The highest BCUT2D eigenvalue weighted by atomic mass is 35.5. The predicted octanol–water partition coefficient (Wildman–Crippen LogP) is 2.82. The Hall–Kier alpha value is -2.40. The number of halogens is 1. The van der Waals surface area contributed by atoms with Crippen LogP contribution in [0.25, 0.3) is 0 Å². The molecule has 0 amide bonds. The molecule has 0 saturated carbocycles. The van der Waals surface area contributed by atoms with Gasteiger partial charge < -0.3 is 15.0 Å². The third-order valence-corrected chi connectivity index (χ3v) is 7.02. The number of nitrogens with zero attached hydrogens (tertiary/aromatic N) is 3. The number of sulfonamides is 1. The van der Waals surface area contributed by atoms with E-state index in [4.69, 9.17) is 16.3 Å². The Kier molecular flexibility index (Phi) is 7.14. The fourth-order valence-electron chi connectivity index (χ4n) is 3.25. The molecule has 11 heteroatoms. The Morgan fingerprint density at radius 3 is 2.40 bits per heavy atom. The Balaban J connectivity index is 1.71. The van der Waals surface area contributed by atoms with Crippen molar-refractivity contribution < 1.29 is 18.1 Å². The number of piperazine rings is 1. The third kappa shape index (κ3) is 5.01. The Labute approximate surface area is 180 Å². The van der Waals surface area contributed by atoms with Crippen LogP contribution in [0.3, 0.4) is 0 Å². The Bertz CT molecular complexity index is 992.